The number of nitrogens with one attached hydrogen (secondary N) is 1. The summed E-state index contributed by atoms with van der Waals surface area (Å²) in [5.41, 5.74) is 7.00. The maximum atomic E-state index is 9.42. The Hall–Kier alpha value is -2.36. The summed E-state index contributed by atoms with van der Waals surface area (Å²) in [5.74, 6) is 0. The zero-order chi connectivity index (χ0) is 17.4. The van der Waals surface area contributed by atoms with Crippen LogP contribution in [0.3, 0.4) is 0 Å². The maximum absolute atomic E-state index is 9.42. The van der Waals surface area contributed by atoms with Crippen molar-refractivity contribution in [1.29, 1.82) is 0 Å². The van der Waals surface area contributed by atoms with E-state index >= 15 is 0 Å². The number of nitrogens with two attached hydrogens (primary N) is 1. The van der Waals surface area contributed by atoms with Gasteiger partial charge in [0.1, 0.15) is 0 Å². The predicted molar refractivity (Wildman–Crippen MR) is 107 cm³/mol. The van der Waals surface area contributed by atoms with Gasteiger partial charge in [-0.05, 0) is 39.4 Å². The van der Waals surface area contributed by atoms with Gasteiger partial charge in [0, 0.05) is 24.1 Å². The first kappa shape index (κ1) is 16.1. The zero-order valence-corrected chi connectivity index (χ0v) is 14.5. The Labute approximate surface area is 147 Å². The van der Waals surface area contributed by atoms with Crippen LogP contribution in [0.5, 0.6) is 0 Å². The Balaban J connectivity index is 1.93. The molecule has 128 valence electrons. The summed E-state index contributed by atoms with van der Waals surface area (Å²) in [6, 6.07) is 19.4. The molecule has 0 aliphatic carbocycles. The fraction of sp³-hybridized carbons (Fsp3) is 0.273. The third-order valence-electron chi connectivity index (χ3n) is 5.17. The van der Waals surface area contributed by atoms with E-state index in [9.17, 15) is 5.11 Å². The standard InChI is InChI=1S/C22H24N2O/c1-2-12-22(23,13-14-25)24-19-11-9-17-7-6-15-4-3-5-16-8-10-18(19)21(17)20(15)16/h3-11,24-25H,2,12-14,23H2,1H3. The van der Waals surface area contributed by atoms with E-state index in [-0.39, 0.29) is 6.61 Å². The first-order chi connectivity index (χ1) is 12.1. The van der Waals surface area contributed by atoms with Gasteiger partial charge in [-0.1, -0.05) is 61.9 Å². The molecule has 3 nitrogen and oxygen atoms in total. The predicted octanol–water partition coefficient (Wildman–Crippen LogP) is 4.83. The number of anilines is 1. The second-order valence-electron chi connectivity index (χ2n) is 6.97. The molecule has 1 atom stereocenters. The van der Waals surface area contributed by atoms with Crippen molar-refractivity contribution in [2.75, 3.05) is 11.9 Å². The lowest BCUT2D eigenvalue weighted by atomic mass is 9.92. The van der Waals surface area contributed by atoms with Crippen LogP contribution in [-0.2, 0) is 0 Å². The molecule has 1 unspecified atom stereocenters. The molecule has 0 aromatic heterocycles. The van der Waals surface area contributed by atoms with Gasteiger partial charge in [0.25, 0.3) is 0 Å². The highest BCUT2D eigenvalue weighted by Crippen LogP contribution is 2.38. The minimum atomic E-state index is -0.591. The van der Waals surface area contributed by atoms with Crippen molar-refractivity contribution >= 4 is 38.0 Å². The van der Waals surface area contributed by atoms with Gasteiger partial charge < -0.3 is 16.2 Å². The molecular formula is C22H24N2O. The third kappa shape index (κ3) is 2.70. The van der Waals surface area contributed by atoms with Crippen LogP contribution in [0.15, 0.2) is 54.6 Å². The van der Waals surface area contributed by atoms with Gasteiger partial charge in [0.15, 0.2) is 0 Å². The van der Waals surface area contributed by atoms with E-state index in [0.717, 1.165) is 18.5 Å². The van der Waals surface area contributed by atoms with E-state index in [0.29, 0.717) is 6.42 Å². The van der Waals surface area contributed by atoms with Crippen LogP contribution in [0.4, 0.5) is 5.69 Å². The lowest BCUT2D eigenvalue weighted by Gasteiger charge is -2.32. The van der Waals surface area contributed by atoms with Gasteiger partial charge in [-0.25, -0.2) is 0 Å². The molecule has 4 aromatic rings. The molecule has 4 aromatic carbocycles. The molecule has 0 aliphatic rings. The molecule has 0 saturated carbocycles. The molecule has 4 N–H and O–H groups in total. The van der Waals surface area contributed by atoms with Crippen LogP contribution in [0.25, 0.3) is 32.3 Å². The van der Waals surface area contributed by atoms with E-state index < -0.39 is 5.66 Å². The fourth-order valence-electron chi connectivity index (χ4n) is 4.01. The van der Waals surface area contributed by atoms with Crippen molar-refractivity contribution in [2.45, 2.75) is 31.8 Å². The van der Waals surface area contributed by atoms with Crippen LogP contribution < -0.4 is 11.1 Å². The summed E-state index contributed by atoms with van der Waals surface area (Å²) in [7, 11) is 0. The lowest BCUT2D eigenvalue weighted by Crippen LogP contribution is -2.48. The fourth-order valence-corrected chi connectivity index (χ4v) is 4.01. The summed E-state index contributed by atoms with van der Waals surface area (Å²) in [6.45, 7) is 2.19. The highest BCUT2D eigenvalue weighted by Gasteiger charge is 2.24. The van der Waals surface area contributed by atoms with Crippen LogP contribution in [0.1, 0.15) is 26.2 Å². The molecular weight excluding hydrogens is 308 g/mol. The SMILES string of the molecule is CCCC(N)(CCO)Nc1ccc2ccc3cccc4ccc1c2c34. The first-order valence-electron chi connectivity index (χ1n) is 9.00. The van der Waals surface area contributed by atoms with E-state index in [1.54, 1.807) is 0 Å². The summed E-state index contributed by atoms with van der Waals surface area (Å²) >= 11 is 0. The van der Waals surface area contributed by atoms with Gasteiger partial charge in [-0.2, -0.15) is 0 Å². The Bertz CT molecular complexity index is 1000. The van der Waals surface area contributed by atoms with Crippen molar-refractivity contribution in [3.8, 4) is 0 Å². The first-order valence-corrected chi connectivity index (χ1v) is 9.00. The number of aliphatic hydroxyl groups is 1. The Kier molecular flexibility index (Phi) is 3.98. The summed E-state index contributed by atoms with van der Waals surface area (Å²) in [6.07, 6.45) is 2.31. The molecule has 0 amide bonds. The summed E-state index contributed by atoms with van der Waals surface area (Å²) in [5, 5.41) is 20.5. The summed E-state index contributed by atoms with van der Waals surface area (Å²) < 4.78 is 0. The molecule has 0 fully saturated rings. The van der Waals surface area contributed by atoms with E-state index in [1.807, 2.05) is 0 Å². The van der Waals surface area contributed by atoms with Crippen LogP contribution >= 0.6 is 0 Å². The Morgan fingerprint density at radius 1 is 0.880 bits per heavy atom. The topological polar surface area (TPSA) is 58.3 Å². The van der Waals surface area contributed by atoms with Crippen molar-refractivity contribution in [3.63, 3.8) is 0 Å². The number of aliphatic hydroxyl groups excluding tert-OH is 1. The Morgan fingerprint density at radius 3 is 2.20 bits per heavy atom. The average molecular weight is 332 g/mol. The van der Waals surface area contributed by atoms with Crippen molar-refractivity contribution < 1.29 is 5.11 Å². The summed E-state index contributed by atoms with van der Waals surface area (Å²) in [4.78, 5) is 0. The van der Waals surface area contributed by atoms with Crippen molar-refractivity contribution in [1.82, 2.24) is 0 Å². The monoisotopic (exact) mass is 332 g/mol. The number of hydrogen-bond acceptors (Lipinski definition) is 3. The molecule has 4 rings (SSSR count). The van der Waals surface area contributed by atoms with Crippen molar-refractivity contribution in [3.05, 3.63) is 54.6 Å². The molecule has 0 spiro atoms. The quantitative estimate of drug-likeness (QED) is 0.350. The van der Waals surface area contributed by atoms with Gasteiger partial charge in [0.05, 0.1) is 5.66 Å². The molecule has 0 radical (unpaired) electrons. The number of hydrogen-bond donors (Lipinski definition) is 3. The van der Waals surface area contributed by atoms with Crippen LogP contribution in [-0.4, -0.2) is 17.4 Å². The largest absolute Gasteiger partial charge is 0.396 e. The normalized spacial score (nSPS) is 14.4. The maximum Gasteiger partial charge on any atom is 0.0878 e. The van der Waals surface area contributed by atoms with Crippen molar-refractivity contribution in [2.24, 2.45) is 5.73 Å². The number of rotatable bonds is 6. The minimum Gasteiger partial charge on any atom is -0.396 e. The molecule has 0 bridgehead atoms. The molecule has 0 aliphatic heterocycles. The van der Waals surface area contributed by atoms with Gasteiger partial charge in [0.2, 0.25) is 0 Å². The lowest BCUT2D eigenvalue weighted by molar-refractivity contribution is 0.243. The van der Waals surface area contributed by atoms with Gasteiger partial charge >= 0.3 is 0 Å². The smallest absolute Gasteiger partial charge is 0.0878 e. The second kappa shape index (κ2) is 6.17. The van der Waals surface area contributed by atoms with E-state index in [4.69, 9.17) is 5.73 Å². The van der Waals surface area contributed by atoms with Crippen LogP contribution in [0, 0.1) is 0 Å². The molecule has 3 heteroatoms. The zero-order valence-electron chi connectivity index (χ0n) is 14.5. The number of benzene rings is 4. The Morgan fingerprint density at radius 2 is 1.52 bits per heavy atom. The second-order valence-corrected chi connectivity index (χ2v) is 6.97. The van der Waals surface area contributed by atoms with Gasteiger partial charge in [-0.3, -0.25) is 0 Å². The molecule has 25 heavy (non-hydrogen) atoms. The average Bonchev–Trinajstić information content (AvgIpc) is 2.61. The van der Waals surface area contributed by atoms with Gasteiger partial charge in [-0.15, -0.1) is 0 Å². The third-order valence-corrected chi connectivity index (χ3v) is 5.17. The minimum absolute atomic E-state index is 0.0787. The molecule has 0 saturated heterocycles. The van der Waals surface area contributed by atoms with Crippen LogP contribution in [0.2, 0.25) is 0 Å². The molecule has 0 heterocycles. The highest BCUT2D eigenvalue weighted by molar-refractivity contribution is 6.25. The van der Waals surface area contributed by atoms with E-state index in [2.05, 4.69) is 66.8 Å². The van der Waals surface area contributed by atoms with E-state index in [1.165, 1.54) is 32.3 Å². The highest BCUT2D eigenvalue weighted by atomic mass is 16.3.